The lowest BCUT2D eigenvalue weighted by molar-refractivity contribution is -0.121. The fourth-order valence-corrected chi connectivity index (χ4v) is 3.25. The largest absolute Gasteiger partial charge is 0.326 e. The SMILES string of the molecule is CC(C(=O)Nc1ccc(SCc2cccnc2)cc1)C1CNC1.Cl.Cl. The summed E-state index contributed by atoms with van der Waals surface area (Å²) in [6.07, 6.45) is 3.67. The van der Waals surface area contributed by atoms with E-state index in [1.807, 2.05) is 43.5 Å². The molecule has 1 aromatic carbocycles. The van der Waals surface area contributed by atoms with Gasteiger partial charge in [0.05, 0.1) is 0 Å². The summed E-state index contributed by atoms with van der Waals surface area (Å²) < 4.78 is 0. The zero-order chi connectivity index (χ0) is 16.1. The second kappa shape index (κ2) is 10.7. The molecule has 1 aromatic heterocycles. The normalized spacial score (nSPS) is 14.4. The van der Waals surface area contributed by atoms with Gasteiger partial charge in [0.15, 0.2) is 0 Å². The van der Waals surface area contributed by atoms with Gasteiger partial charge < -0.3 is 10.6 Å². The van der Waals surface area contributed by atoms with Gasteiger partial charge in [-0.2, -0.15) is 0 Å². The number of rotatable bonds is 6. The van der Waals surface area contributed by atoms with Gasteiger partial charge in [-0.15, -0.1) is 36.6 Å². The Bertz CT molecular complexity index is 651. The van der Waals surface area contributed by atoms with Gasteiger partial charge in [0.2, 0.25) is 5.91 Å². The second-order valence-corrected chi connectivity index (χ2v) is 6.92. The van der Waals surface area contributed by atoms with E-state index in [0.717, 1.165) is 24.5 Å². The molecule has 1 atom stereocenters. The van der Waals surface area contributed by atoms with Crippen LogP contribution in [0.1, 0.15) is 12.5 Å². The maximum Gasteiger partial charge on any atom is 0.227 e. The molecule has 3 rings (SSSR count). The quantitative estimate of drug-likeness (QED) is 0.720. The lowest BCUT2D eigenvalue weighted by Gasteiger charge is -2.31. The smallest absolute Gasteiger partial charge is 0.227 e. The highest BCUT2D eigenvalue weighted by Crippen LogP contribution is 2.24. The fraction of sp³-hybridized carbons (Fsp3) is 0.333. The molecule has 1 saturated heterocycles. The Kier molecular flexibility index (Phi) is 9.28. The molecule has 136 valence electrons. The fourth-order valence-electron chi connectivity index (χ4n) is 2.42. The van der Waals surface area contributed by atoms with Crippen molar-refractivity contribution in [2.45, 2.75) is 17.6 Å². The van der Waals surface area contributed by atoms with E-state index in [1.165, 1.54) is 10.5 Å². The number of hydrogen-bond donors (Lipinski definition) is 2. The van der Waals surface area contributed by atoms with Crippen molar-refractivity contribution in [1.29, 1.82) is 0 Å². The number of hydrogen-bond acceptors (Lipinski definition) is 4. The number of aromatic nitrogens is 1. The summed E-state index contributed by atoms with van der Waals surface area (Å²) in [5.41, 5.74) is 2.07. The highest BCUT2D eigenvalue weighted by atomic mass is 35.5. The number of halogens is 2. The third-order valence-corrected chi connectivity index (χ3v) is 5.27. The molecule has 2 heterocycles. The highest BCUT2D eigenvalue weighted by Gasteiger charge is 2.28. The average Bonchev–Trinajstić information content (AvgIpc) is 2.53. The molecule has 1 fully saturated rings. The van der Waals surface area contributed by atoms with Crippen molar-refractivity contribution in [1.82, 2.24) is 10.3 Å². The average molecular weight is 400 g/mol. The van der Waals surface area contributed by atoms with Gasteiger partial charge in [-0.05, 0) is 54.9 Å². The Hall–Kier alpha value is -1.27. The van der Waals surface area contributed by atoms with E-state index in [1.54, 1.807) is 18.0 Å². The van der Waals surface area contributed by atoms with Gasteiger partial charge in [0.1, 0.15) is 0 Å². The molecule has 1 aliphatic heterocycles. The number of carbonyl (C=O) groups excluding carboxylic acids is 1. The number of carbonyl (C=O) groups is 1. The number of amides is 1. The minimum atomic E-state index is 0. The standard InChI is InChI=1S/C18H21N3OS.2ClH/c1-13(15-10-20-11-15)18(22)21-16-4-6-17(7-5-16)23-12-14-3-2-8-19-9-14;;/h2-9,13,15,20H,10-12H2,1H3,(H,21,22);2*1H. The van der Waals surface area contributed by atoms with Crippen LogP contribution in [0.25, 0.3) is 0 Å². The topological polar surface area (TPSA) is 54.0 Å². The number of nitrogens with one attached hydrogen (secondary N) is 2. The molecule has 7 heteroatoms. The van der Waals surface area contributed by atoms with Crippen molar-refractivity contribution >= 4 is 48.2 Å². The molecular formula is C18H23Cl2N3OS. The van der Waals surface area contributed by atoms with Gasteiger partial charge in [0, 0.05) is 34.6 Å². The lowest BCUT2D eigenvalue weighted by atomic mass is 9.88. The van der Waals surface area contributed by atoms with Gasteiger partial charge >= 0.3 is 0 Å². The number of thioether (sulfide) groups is 1. The zero-order valence-electron chi connectivity index (χ0n) is 14.0. The van der Waals surface area contributed by atoms with Crippen LogP contribution < -0.4 is 10.6 Å². The summed E-state index contributed by atoms with van der Waals surface area (Å²) in [4.78, 5) is 17.5. The molecule has 1 unspecified atom stereocenters. The molecule has 0 aliphatic carbocycles. The maximum atomic E-state index is 12.2. The molecule has 1 amide bonds. The van der Waals surface area contributed by atoms with E-state index in [9.17, 15) is 4.79 Å². The third kappa shape index (κ3) is 6.19. The first-order valence-electron chi connectivity index (χ1n) is 7.86. The molecule has 2 aromatic rings. The van der Waals surface area contributed by atoms with E-state index in [4.69, 9.17) is 0 Å². The molecular weight excluding hydrogens is 377 g/mol. The Morgan fingerprint density at radius 1 is 1.28 bits per heavy atom. The highest BCUT2D eigenvalue weighted by molar-refractivity contribution is 7.98. The first-order chi connectivity index (χ1) is 11.2. The van der Waals surface area contributed by atoms with Gasteiger partial charge in [-0.1, -0.05) is 13.0 Å². The summed E-state index contributed by atoms with van der Waals surface area (Å²) >= 11 is 1.76. The van der Waals surface area contributed by atoms with Crippen molar-refractivity contribution < 1.29 is 4.79 Å². The molecule has 0 bridgehead atoms. The molecule has 25 heavy (non-hydrogen) atoms. The first-order valence-corrected chi connectivity index (χ1v) is 8.84. The van der Waals surface area contributed by atoms with Crippen LogP contribution in [0.15, 0.2) is 53.7 Å². The van der Waals surface area contributed by atoms with Crippen LogP contribution in [-0.2, 0) is 10.5 Å². The summed E-state index contributed by atoms with van der Waals surface area (Å²) in [6.45, 7) is 3.88. The van der Waals surface area contributed by atoms with E-state index in [2.05, 4.69) is 21.7 Å². The van der Waals surface area contributed by atoms with Crippen LogP contribution >= 0.6 is 36.6 Å². The van der Waals surface area contributed by atoms with Crippen LogP contribution in [0.2, 0.25) is 0 Å². The Labute approximate surface area is 165 Å². The molecule has 2 N–H and O–H groups in total. The number of anilines is 1. The molecule has 0 radical (unpaired) electrons. The number of nitrogens with zero attached hydrogens (tertiary/aromatic N) is 1. The Morgan fingerprint density at radius 3 is 2.56 bits per heavy atom. The maximum absolute atomic E-state index is 12.2. The van der Waals surface area contributed by atoms with E-state index in [0.29, 0.717) is 5.92 Å². The zero-order valence-corrected chi connectivity index (χ0v) is 16.4. The Balaban J connectivity index is 0.00000156. The van der Waals surface area contributed by atoms with Crippen molar-refractivity contribution in [3.8, 4) is 0 Å². The van der Waals surface area contributed by atoms with Crippen molar-refractivity contribution in [3.05, 3.63) is 54.4 Å². The van der Waals surface area contributed by atoms with Crippen LogP contribution in [0.4, 0.5) is 5.69 Å². The monoisotopic (exact) mass is 399 g/mol. The van der Waals surface area contributed by atoms with Crippen molar-refractivity contribution in [2.75, 3.05) is 18.4 Å². The van der Waals surface area contributed by atoms with E-state index < -0.39 is 0 Å². The van der Waals surface area contributed by atoms with Gasteiger partial charge in [-0.3, -0.25) is 9.78 Å². The minimum Gasteiger partial charge on any atom is -0.326 e. The predicted molar refractivity (Wildman–Crippen MR) is 109 cm³/mol. The second-order valence-electron chi connectivity index (χ2n) is 5.87. The predicted octanol–water partition coefficient (Wildman–Crippen LogP) is 4.01. The molecule has 0 saturated carbocycles. The third-order valence-electron chi connectivity index (χ3n) is 4.18. The van der Waals surface area contributed by atoms with Gasteiger partial charge in [-0.25, -0.2) is 0 Å². The molecule has 4 nitrogen and oxygen atoms in total. The first kappa shape index (κ1) is 21.8. The van der Waals surface area contributed by atoms with Crippen molar-refractivity contribution in [2.24, 2.45) is 11.8 Å². The van der Waals surface area contributed by atoms with E-state index >= 15 is 0 Å². The number of benzene rings is 1. The summed E-state index contributed by atoms with van der Waals surface area (Å²) in [5, 5.41) is 6.21. The summed E-state index contributed by atoms with van der Waals surface area (Å²) in [6, 6.07) is 12.1. The van der Waals surface area contributed by atoms with Crippen LogP contribution in [0.5, 0.6) is 0 Å². The molecule has 1 aliphatic rings. The number of pyridine rings is 1. The lowest BCUT2D eigenvalue weighted by Crippen LogP contribution is -2.48. The van der Waals surface area contributed by atoms with Crippen molar-refractivity contribution in [3.63, 3.8) is 0 Å². The Morgan fingerprint density at radius 2 is 2.00 bits per heavy atom. The van der Waals surface area contributed by atoms with E-state index in [-0.39, 0.29) is 36.6 Å². The molecule has 0 spiro atoms. The van der Waals surface area contributed by atoms with Gasteiger partial charge in [0.25, 0.3) is 0 Å². The van der Waals surface area contributed by atoms with Crippen LogP contribution in [0.3, 0.4) is 0 Å². The van der Waals surface area contributed by atoms with Crippen LogP contribution in [0, 0.1) is 11.8 Å². The minimum absolute atomic E-state index is 0. The summed E-state index contributed by atoms with van der Waals surface area (Å²) in [7, 11) is 0. The van der Waals surface area contributed by atoms with Crippen LogP contribution in [-0.4, -0.2) is 24.0 Å². The summed E-state index contributed by atoms with van der Waals surface area (Å²) in [5.74, 6) is 1.51.